The largest absolute Gasteiger partial charge is 0.134 e. The second-order valence-electron chi connectivity index (χ2n) is 4.00. The van der Waals surface area contributed by atoms with E-state index in [2.05, 4.69) is 58.4 Å². The van der Waals surface area contributed by atoms with Crippen molar-refractivity contribution in [3.05, 3.63) is 46.9 Å². The van der Waals surface area contributed by atoms with E-state index in [1.54, 1.807) is 0 Å². The smallest absolute Gasteiger partial charge is 0.0542 e. The van der Waals surface area contributed by atoms with Crippen LogP contribution >= 0.6 is 38.6 Å². The molecule has 0 saturated heterocycles. The van der Waals surface area contributed by atoms with Gasteiger partial charge in [0.1, 0.15) is 0 Å². The summed E-state index contributed by atoms with van der Waals surface area (Å²) in [5, 5.41) is 2.78. The molecule has 0 unspecified atom stereocenters. The Morgan fingerprint density at radius 2 is 1.47 bits per heavy atom. The Bertz CT molecular complexity index is 854. The van der Waals surface area contributed by atoms with Gasteiger partial charge in [0.2, 0.25) is 0 Å². The number of rotatable bonds is 0. The molecule has 0 aliphatic carbocycles. The molecule has 0 spiro atoms. The maximum absolute atomic E-state index is 3.54. The number of hydrogen-bond donors (Lipinski definition) is 0. The van der Waals surface area contributed by atoms with Crippen LogP contribution in [0.3, 0.4) is 0 Å². The average Bonchev–Trinajstić information content (AvgIpc) is 2.84. The lowest BCUT2D eigenvalue weighted by molar-refractivity contribution is 1.78. The minimum Gasteiger partial charge on any atom is -0.134 e. The van der Waals surface area contributed by atoms with Gasteiger partial charge in [0.05, 0.1) is 9.40 Å². The number of halogens is 1. The first-order valence-corrected chi connectivity index (χ1v) is 7.75. The van der Waals surface area contributed by atoms with Crippen LogP contribution in [0.4, 0.5) is 0 Å². The third-order valence-electron chi connectivity index (χ3n) is 2.95. The quantitative estimate of drug-likeness (QED) is 0.371. The molecule has 0 bridgehead atoms. The highest BCUT2D eigenvalue weighted by atomic mass is 79.9. The molecule has 0 nitrogen and oxygen atoms in total. The van der Waals surface area contributed by atoms with E-state index in [1.165, 1.54) is 29.6 Å². The lowest BCUT2D eigenvalue weighted by atomic mass is 10.2. The molecule has 2 aromatic heterocycles. The zero-order valence-electron chi connectivity index (χ0n) is 8.74. The van der Waals surface area contributed by atoms with Gasteiger partial charge in [-0.1, -0.05) is 40.2 Å². The van der Waals surface area contributed by atoms with E-state index in [0.29, 0.717) is 0 Å². The zero-order chi connectivity index (χ0) is 11.4. The van der Waals surface area contributed by atoms with Crippen molar-refractivity contribution >= 4 is 68.2 Å². The Morgan fingerprint density at radius 1 is 0.765 bits per heavy atom. The van der Waals surface area contributed by atoms with Gasteiger partial charge >= 0.3 is 0 Å². The molecule has 0 fully saturated rings. The van der Waals surface area contributed by atoms with Gasteiger partial charge < -0.3 is 0 Å². The minimum absolute atomic E-state index is 1.16. The van der Waals surface area contributed by atoms with Gasteiger partial charge in [-0.05, 0) is 18.2 Å². The first-order chi connectivity index (χ1) is 8.33. The normalized spacial score (nSPS) is 11.8. The fourth-order valence-electron chi connectivity index (χ4n) is 2.18. The molecule has 4 rings (SSSR count). The number of thiophene rings is 2. The monoisotopic (exact) mass is 318 g/mol. The highest BCUT2D eigenvalue weighted by molar-refractivity contribution is 9.10. The topological polar surface area (TPSA) is 0 Å². The summed E-state index contributed by atoms with van der Waals surface area (Å²) >= 11 is 7.33. The van der Waals surface area contributed by atoms with Crippen molar-refractivity contribution in [2.24, 2.45) is 0 Å². The first kappa shape index (κ1) is 10.1. The molecule has 4 aromatic rings. The van der Waals surface area contributed by atoms with E-state index in [0.717, 1.165) is 4.47 Å². The Kier molecular flexibility index (Phi) is 2.10. The third kappa shape index (κ3) is 1.39. The second-order valence-corrected chi connectivity index (χ2v) is 7.02. The molecule has 3 heteroatoms. The summed E-state index contributed by atoms with van der Waals surface area (Å²) in [5.41, 5.74) is 0. The summed E-state index contributed by atoms with van der Waals surface area (Å²) in [5.74, 6) is 0. The van der Waals surface area contributed by atoms with Gasteiger partial charge in [-0.2, -0.15) is 0 Å². The van der Waals surface area contributed by atoms with Gasteiger partial charge in [0.15, 0.2) is 0 Å². The van der Waals surface area contributed by atoms with E-state index >= 15 is 0 Å². The Balaban J connectivity index is 2.29. The van der Waals surface area contributed by atoms with Crippen LogP contribution in [0.5, 0.6) is 0 Å². The molecule has 2 heterocycles. The van der Waals surface area contributed by atoms with Crippen molar-refractivity contribution in [2.45, 2.75) is 0 Å². The van der Waals surface area contributed by atoms with Crippen LogP contribution in [0.2, 0.25) is 0 Å². The van der Waals surface area contributed by atoms with E-state index in [9.17, 15) is 0 Å². The molecule has 17 heavy (non-hydrogen) atoms. The van der Waals surface area contributed by atoms with Crippen molar-refractivity contribution in [3.8, 4) is 0 Å². The van der Waals surface area contributed by atoms with Crippen LogP contribution in [0.25, 0.3) is 29.6 Å². The van der Waals surface area contributed by atoms with E-state index in [4.69, 9.17) is 0 Å². The molecule has 2 aromatic carbocycles. The predicted octanol–water partition coefficient (Wildman–Crippen LogP) is 6.03. The summed E-state index contributed by atoms with van der Waals surface area (Å²) in [6, 6.07) is 15.2. The second kappa shape index (κ2) is 3.55. The van der Waals surface area contributed by atoms with Gasteiger partial charge in [-0.15, -0.1) is 22.7 Å². The summed E-state index contributed by atoms with van der Waals surface area (Å²) in [4.78, 5) is 0. The van der Waals surface area contributed by atoms with Crippen LogP contribution in [0, 0.1) is 0 Å². The average molecular weight is 319 g/mol. The lowest BCUT2D eigenvalue weighted by Gasteiger charge is -1.90. The molecule has 0 amide bonds. The van der Waals surface area contributed by atoms with Crippen LogP contribution in [0.1, 0.15) is 0 Å². The molecule has 0 aliphatic heterocycles. The van der Waals surface area contributed by atoms with E-state index in [1.807, 2.05) is 22.7 Å². The van der Waals surface area contributed by atoms with Gasteiger partial charge in [0, 0.05) is 24.6 Å². The Hall–Kier alpha value is -0.900. The molecular weight excluding hydrogens is 312 g/mol. The number of fused-ring (bicyclic) bond motifs is 5. The molecular formula is C14H7BrS2. The van der Waals surface area contributed by atoms with Crippen molar-refractivity contribution in [1.82, 2.24) is 0 Å². The fourth-order valence-corrected chi connectivity index (χ4v) is 5.38. The highest BCUT2D eigenvalue weighted by Crippen LogP contribution is 2.44. The van der Waals surface area contributed by atoms with Crippen molar-refractivity contribution < 1.29 is 0 Å². The standard InChI is InChI=1S/C14H7BrS2/c15-8-5-6-10-12(7-8)17-13-9-3-1-2-4-11(9)16-14(10)13/h1-7H. The highest BCUT2D eigenvalue weighted by Gasteiger charge is 2.11. The van der Waals surface area contributed by atoms with Gasteiger partial charge in [0.25, 0.3) is 0 Å². The lowest BCUT2D eigenvalue weighted by Crippen LogP contribution is -1.62. The molecule has 0 atom stereocenters. The summed E-state index contributed by atoms with van der Waals surface area (Å²) in [6.45, 7) is 0. The summed E-state index contributed by atoms with van der Waals surface area (Å²) in [6.07, 6.45) is 0. The predicted molar refractivity (Wildman–Crippen MR) is 82.4 cm³/mol. The van der Waals surface area contributed by atoms with Crippen LogP contribution in [-0.4, -0.2) is 0 Å². The maximum atomic E-state index is 3.54. The van der Waals surface area contributed by atoms with Crippen LogP contribution < -0.4 is 0 Å². The SMILES string of the molecule is Brc1ccc2c(c1)sc1c3ccccc3sc21. The van der Waals surface area contributed by atoms with Crippen molar-refractivity contribution in [2.75, 3.05) is 0 Å². The van der Waals surface area contributed by atoms with Gasteiger partial charge in [-0.25, -0.2) is 0 Å². The Morgan fingerprint density at radius 3 is 2.35 bits per heavy atom. The van der Waals surface area contributed by atoms with E-state index < -0.39 is 0 Å². The van der Waals surface area contributed by atoms with Gasteiger partial charge in [-0.3, -0.25) is 0 Å². The summed E-state index contributed by atoms with van der Waals surface area (Å²) < 4.78 is 6.77. The van der Waals surface area contributed by atoms with Crippen LogP contribution in [-0.2, 0) is 0 Å². The minimum atomic E-state index is 1.16. The van der Waals surface area contributed by atoms with Crippen molar-refractivity contribution in [3.63, 3.8) is 0 Å². The molecule has 0 N–H and O–H groups in total. The van der Waals surface area contributed by atoms with Crippen molar-refractivity contribution in [1.29, 1.82) is 0 Å². The molecule has 0 radical (unpaired) electrons. The Labute approximate surface area is 115 Å². The molecule has 0 saturated carbocycles. The third-order valence-corrected chi connectivity index (χ3v) is 5.96. The van der Waals surface area contributed by atoms with E-state index in [-0.39, 0.29) is 0 Å². The fraction of sp³-hybridized carbons (Fsp3) is 0. The zero-order valence-corrected chi connectivity index (χ0v) is 12.0. The maximum Gasteiger partial charge on any atom is 0.0542 e. The molecule has 82 valence electrons. The number of hydrogen-bond acceptors (Lipinski definition) is 2. The van der Waals surface area contributed by atoms with Crippen LogP contribution in [0.15, 0.2) is 46.9 Å². The molecule has 0 aliphatic rings. The number of benzene rings is 2. The first-order valence-electron chi connectivity index (χ1n) is 5.32. The summed E-state index contributed by atoms with van der Waals surface area (Å²) in [7, 11) is 0.